The zero-order valence-electron chi connectivity index (χ0n) is 33.1. The highest BCUT2D eigenvalue weighted by atomic mass is 35.5. The van der Waals surface area contributed by atoms with Gasteiger partial charge in [-0.2, -0.15) is 8.42 Å². The summed E-state index contributed by atoms with van der Waals surface area (Å²) in [6.45, 7) is 0. The van der Waals surface area contributed by atoms with Gasteiger partial charge < -0.3 is 9.84 Å². The van der Waals surface area contributed by atoms with E-state index in [0.717, 1.165) is 60.7 Å². The summed E-state index contributed by atoms with van der Waals surface area (Å²) in [5.41, 5.74) is 9.99. The highest BCUT2D eigenvalue weighted by Crippen LogP contribution is 2.64. The van der Waals surface area contributed by atoms with Crippen LogP contribution in [0.5, 0.6) is 17.2 Å². The van der Waals surface area contributed by atoms with E-state index in [9.17, 15) is 13.2 Å². The van der Waals surface area contributed by atoms with Crippen molar-refractivity contribution in [3.05, 3.63) is 231 Å². The van der Waals surface area contributed by atoms with Crippen molar-refractivity contribution in [3.63, 3.8) is 0 Å². The molecule has 9 aromatic rings. The van der Waals surface area contributed by atoms with E-state index in [1.54, 1.807) is 24.3 Å². The van der Waals surface area contributed by atoms with E-state index in [-0.39, 0.29) is 7.21 Å². The van der Waals surface area contributed by atoms with Crippen molar-refractivity contribution in [2.75, 3.05) is 6.26 Å². The minimum atomic E-state index is -3.67. The van der Waals surface area contributed by atoms with Crippen LogP contribution in [0.1, 0.15) is 39.6 Å². The van der Waals surface area contributed by atoms with Crippen LogP contribution in [0.15, 0.2) is 188 Å². The third-order valence-electron chi connectivity index (χ3n) is 11.2. The minimum absolute atomic E-state index is 0. The third kappa shape index (κ3) is 7.09. The summed E-state index contributed by atoms with van der Waals surface area (Å²) in [4.78, 5) is 12.4. The van der Waals surface area contributed by atoms with Crippen LogP contribution < -0.4 is 4.74 Å². The zero-order chi connectivity index (χ0) is 43.2. The predicted molar refractivity (Wildman–Crippen MR) is 252 cm³/mol. The maximum Gasteiger partial charge on any atom is 0.261 e. The number of fused-ring (bicyclic) bond motifs is 16. The van der Waals surface area contributed by atoms with Crippen LogP contribution in [0.25, 0.3) is 43.8 Å². The molecule has 0 amide bonds. The van der Waals surface area contributed by atoms with Crippen LogP contribution in [-0.2, 0) is 15.5 Å². The Morgan fingerprint density at radius 3 is 1.53 bits per heavy atom. The number of benzene rings is 9. The van der Waals surface area contributed by atoms with E-state index in [0.29, 0.717) is 22.6 Å². The third-order valence-corrected chi connectivity index (χ3v) is 11.9. The topological polar surface area (TPSA) is 101 Å². The van der Waals surface area contributed by atoms with Gasteiger partial charge in [-0.15, -0.1) is 0 Å². The number of aromatic hydroxyl groups is 1. The Labute approximate surface area is 370 Å². The van der Waals surface area contributed by atoms with Crippen molar-refractivity contribution in [3.8, 4) is 39.5 Å². The molecule has 2 N–H and O–H groups in total. The SMILES string of the molecule is CS(=O)(=O)O.Clc1cccc2c1-c1c(ccc3ccccc13)C21c2ccccc2Oc2ccccc21.O=C1c2cccc(Cl)c2-c2c1ccc1ccccc21.Oc1ccccc1.[2HH]. The highest BCUT2D eigenvalue weighted by molar-refractivity contribution is 7.85. The van der Waals surface area contributed by atoms with Gasteiger partial charge >= 0.3 is 0 Å². The second-order valence-corrected chi connectivity index (χ2v) is 17.3. The Kier molecular flexibility index (Phi) is 10.7. The summed E-state index contributed by atoms with van der Waals surface area (Å²) in [5, 5.41) is 14.7. The summed E-state index contributed by atoms with van der Waals surface area (Å²) in [5.74, 6) is 2.18. The number of carbonyl (C=O) groups excluding carboxylic acids is 1. The van der Waals surface area contributed by atoms with Crippen molar-refractivity contribution in [2.45, 2.75) is 5.41 Å². The van der Waals surface area contributed by atoms with Crippen LogP contribution in [0.2, 0.25) is 10.0 Å². The van der Waals surface area contributed by atoms with Crippen molar-refractivity contribution in [2.24, 2.45) is 0 Å². The van der Waals surface area contributed by atoms with Gasteiger partial charge in [0.1, 0.15) is 17.2 Å². The van der Waals surface area contributed by atoms with Gasteiger partial charge in [-0.25, -0.2) is 0 Å². The molecular weight excluding hydrogens is 836 g/mol. The molecule has 1 aliphatic heterocycles. The molecule has 0 fully saturated rings. The molecule has 9 heteroatoms. The molecule has 9 aromatic carbocycles. The lowest BCUT2D eigenvalue weighted by Crippen LogP contribution is -2.32. The number of para-hydroxylation sites is 3. The number of phenols is 1. The second-order valence-electron chi connectivity index (χ2n) is 15.0. The normalized spacial score (nSPS) is 13.0. The van der Waals surface area contributed by atoms with E-state index in [2.05, 4.69) is 91.0 Å². The first-order valence-corrected chi connectivity index (χ1v) is 22.3. The number of halogens is 2. The van der Waals surface area contributed by atoms with E-state index in [4.69, 9.17) is 37.6 Å². The molecular formula is C53H38Cl2O6S. The molecule has 6 nitrogen and oxygen atoms in total. The van der Waals surface area contributed by atoms with Gasteiger partial charge in [-0.05, 0) is 80.7 Å². The number of ketones is 1. The van der Waals surface area contributed by atoms with Gasteiger partial charge in [0.05, 0.1) is 11.7 Å². The summed E-state index contributed by atoms with van der Waals surface area (Å²) >= 11 is 13.2. The fraction of sp³-hybridized carbons (Fsp3) is 0.0377. The van der Waals surface area contributed by atoms with Gasteiger partial charge in [-0.1, -0.05) is 169 Å². The zero-order valence-corrected chi connectivity index (χ0v) is 35.4. The summed E-state index contributed by atoms with van der Waals surface area (Å²) < 4.78 is 32.2. The molecule has 0 unspecified atom stereocenters. The maximum absolute atomic E-state index is 12.4. The quantitative estimate of drug-likeness (QED) is 0.147. The average molecular weight is 875 g/mol. The monoisotopic (exact) mass is 873 g/mol. The van der Waals surface area contributed by atoms with Gasteiger partial charge in [0.2, 0.25) is 0 Å². The fourth-order valence-electron chi connectivity index (χ4n) is 8.93. The first-order chi connectivity index (χ1) is 30.0. The Hall–Kier alpha value is -6.74. The molecule has 1 heterocycles. The molecule has 0 radical (unpaired) electrons. The van der Waals surface area contributed by atoms with Crippen molar-refractivity contribution in [1.82, 2.24) is 0 Å². The molecule has 1 spiro atoms. The lowest BCUT2D eigenvalue weighted by Gasteiger charge is -2.39. The molecule has 0 bridgehead atoms. The number of hydrogen-bond donors (Lipinski definition) is 2. The Balaban J connectivity index is 0.000000144. The smallest absolute Gasteiger partial charge is 0.261 e. The first kappa shape index (κ1) is 40.7. The lowest BCUT2D eigenvalue weighted by atomic mass is 9.66. The number of rotatable bonds is 0. The highest BCUT2D eigenvalue weighted by Gasteiger charge is 2.52. The molecule has 0 saturated heterocycles. The van der Waals surface area contributed by atoms with Crippen LogP contribution in [0, 0.1) is 0 Å². The van der Waals surface area contributed by atoms with Crippen LogP contribution in [-0.4, -0.2) is 30.1 Å². The fourth-order valence-corrected chi connectivity index (χ4v) is 9.47. The van der Waals surface area contributed by atoms with Crippen molar-refractivity contribution in [1.29, 1.82) is 0 Å². The molecule has 0 atom stereocenters. The Bertz CT molecular complexity index is 3280. The maximum atomic E-state index is 12.4. The van der Waals surface area contributed by atoms with E-state index < -0.39 is 15.5 Å². The van der Waals surface area contributed by atoms with E-state index >= 15 is 0 Å². The van der Waals surface area contributed by atoms with Gasteiger partial charge in [0.15, 0.2) is 5.78 Å². The Morgan fingerprint density at radius 2 is 0.935 bits per heavy atom. The molecule has 0 saturated carbocycles. The summed E-state index contributed by atoms with van der Waals surface area (Å²) in [6, 6.07) is 62.4. The molecule has 0 aromatic heterocycles. The lowest BCUT2D eigenvalue weighted by molar-refractivity contribution is 0.104. The summed E-state index contributed by atoms with van der Waals surface area (Å²) in [7, 11) is -3.67. The molecule has 12 rings (SSSR count). The van der Waals surface area contributed by atoms with Crippen LogP contribution in [0.3, 0.4) is 0 Å². The minimum Gasteiger partial charge on any atom is -0.508 e. The van der Waals surface area contributed by atoms with E-state index in [1.165, 1.54) is 27.5 Å². The standard InChI is InChI=1S/C29H17ClO.C17H9ClO.C6H6O.CH4O3S.H2/c30-24-13-7-12-22-28(24)27-19-9-2-1-8-18(19)16-17-23(27)29(22)20-10-3-5-14-25(20)31-26-15-6-4-11-21(26)29;18-14-7-3-6-12-16(14)15-11-5-2-1-4-10(11)8-9-13(15)17(12)19;7-6-4-2-1-3-5-6;1-5(2,3)4;/h1-17H;1-9H;1-5,7H;1H3,(H,2,3,4);1H/i;;;;1+1. The predicted octanol–water partition coefficient (Wildman–Crippen LogP) is 13.8. The molecule has 306 valence electrons. The van der Waals surface area contributed by atoms with Crippen LogP contribution >= 0.6 is 23.2 Å². The van der Waals surface area contributed by atoms with E-state index in [1.807, 2.05) is 72.8 Å². The molecule has 2 aliphatic carbocycles. The van der Waals surface area contributed by atoms with Crippen molar-refractivity contribution >= 4 is 60.6 Å². The number of carbonyl (C=O) groups is 1. The number of phenolic OH excluding ortho intramolecular Hbond substituents is 1. The molecule has 3 aliphatic rings. The second kappa shape index (κ2) is 16.3. The van der Waals surface area contributed by atoms with Crippen molar-refractivity contribution < 1.29 is 29.0 Å². The first-order valence-electron chi connectivity index (χ1n) is 19.7. The average Bonchev–Trinajstić information content (AvgIpc) is 3.75. The van der Waals surface area contributed by atoms with Gasteiger partial charge in [0.25, 0.3) is 10.1 Å². The van der Waals surface area contributed by atoms with Gasteiger partial charge in [0, 0.05) is 50.4 Å². The van der Waals surface area contributed by atoms with Gasteiger partial charge in [-0.3, -0.25) is 9.35 Å². The largest absolute Gasteiger partial charge is 0.508 e. The molecule has 62 heavy (non-hydrogen) atoms. The summed E-state index contributed by atoms with van der Waals surface area (Å²) in [6.07, 6.45) is 0.715. The Morgan fingerprint density at radius 1 is 0.484 bits per heavy atom. The van der Waals surface area contributed by atoms with Crippen LogP contribution in [0.4, 0.5) is 0 Å². The number of ether oxygens (including phenoxy) is 1. The number of hydrogen-bond acceptors (Lipinski definition) is 5.